The summed E-state index contributed by atoms with van der Waals surface area (Å²) in [6.45, 7) is 7.61. The van der Waals surface area contributed by atoms with E-state index in [1.54, 1.807) is 30.3 Å². The molecule has 0 saturated heterocycles. The number of carbonyl (C=O) groups excluding carboxylic acids is 1. The first-order valence-corrected chi connectivity index (χ1v) is 10.8. The SMILES string of the molecule is COc1cc(Cl)c(C)cc1-n1c(SCC(=O)NC(C)(C)C)nc2ccccc2c1=O. The van der Waals surface area contributed by atoms with Gasteiger partial charge in [-0.3, -0.25) is 14.2 Å². The second-order valence-corrected chi connectivity index (χ2v) is 9.26. The predicted octanol–water partition coefficient (Wildman–Crippen LogP) is 4.36. The van der Waals surface area contributed by atoms with E-state index >= 15 is 0 Å². The predicted molar refractivity (Wildman–Crippen MR) is 122 cm³/mol. The fraction of sp³-hybridized carbons (Fsp3) is 0.318. The maximum Gasteiger partial charge on any atom is 0.266 e. The molecule has 0 radical (unpaired) electrons. The van der Waals surface area contributed by atoms with Gasteiger partial charge in [-0.2, -0.15) is 0 Å². The van der Waals surface area contributed by atoms with Crippen LogP contribution in [0.1, 0.15) is 26.3 Å². The Bertz CT molecular complexity index is 1170. The second-order valence-electron chi connectivity index (χ2n) is 7.91. The molecule has 0 aliphatic rings. The van der Waals surface area contributed by atoms with Gasteiger partial charge in [-0.1, -0.05) is 35.5 Å². The quantitative estimate of drug-likeness (QED) is 0.466. The number of rotatable bonds is 5. The number of aromatic nitrogens is 2. The van der Waals surface area contributed by atoms with E-state index in [1.165, 1.54) is 23.4 Å². The summed E-state index contributed by atoms with van der Waals surface area (Å²) in [6, 6.07) is 10.6. The molecule has 2 aromatic carbocycles. The highest BCUT2D eigenvalue weighted by Gasteiger charge is 2.20. The third kappa shape index (κ3) is 4.79. The van der Waals surface area contributed by atoms with E-state index in [-0.39, 0.29) is 22.8 Å². The van der Waals surface area contributed by atoms with Crippen LogP contribution in [0.4, 0.5) is 0 Å². The highest BCUT2D eigenvalue weighted by atomic mass is 35.5. The van der Waals surface area contributed by atoms with Gasteiger partial charge in [0.1, 0.15) is 5.75 Å². The molecule has 0 saturated carbocycles. The standard InChI is InChI=1S/C22H24ClN3O3S/c1-13-10-17(18(29-5)11-15(13)23)26-20(28)14-8-6-7-9-16(14)24-21(26)30-12-19(27)25-22(2,3)4/h6-11H,12H2,1-5H3,(H,25,27). The highest BCUT2D eigenvalue weighted by molar-refractivity contribution is 7.99. The zero-order valence-corrected chi connectivity index (χ0v) is 19.1. The van der Waals surface area contributed by atoms with Gasteiger partial charge in [-0.25, -0.2) is 4.98 Å². The molecule has 0 atom stereocenters. The second kappa shape index (κ2) is 8.70. The summed E-state index contributed by atoms with van der Waals surface area (Å²) in [7, 11) is 1.52. The van der Waals surface area contributed by atoms with Gasteiger partial charge in [0, 0.05) is 16.6 Å². The summed E-state index contributed by atoms with van der Waals surface area (Å²) >= 11 is 7.45. The van der Waals surface area contributed by atoms with Gasteiger partial charge in [0.25, 0.3) is 5.56 Å². The fourth-order valence-electron chi connectivity index (χ4n) is 2.99. The van der Waals surface area contributed by atoms with Crippen LogP contribution in [-0.2, 0) is 4.79 Å². The Morgan fingerprint density at radius 1 is 1.27 bits per heavy atom. The Hall–Kier alpha value is -2.51. The summed E-state index contributed by atoms with van der Waals surface area (Å²) in [6.07, 6.45) is 0. The van der Waals surface area contributed by atoms with Crippen molar-refractivity contribution in [3.05, 3.63) is 57.3 Å². The van der Waals surface area contributed by atoms with Gasteiger partial charge in [-0.05, 0) is 51.5 Å². The van der Waals surface area contributed by atoms with E-state index in [0.29, 0.717) is 32.5 Å². The van der Waals surface area contributed by atoms with Crippen LogP contribution in [0.15, 0.2) is 46.3 Å². The van der Waals surface area contributed by atoms with Crippen molar-refractivity contribution < 1.29 is 9.53 Å². The molecule has 6 nitrogen and oxygen atoms in total. The number of nitrogens with zero attached hydrogens (tertiary/aromatic N) is 2. The molecule has 158 valence electrons. The summed E-state index contributed by atoms with van der Waals surface area (Å²) in [5.74, 6) is 0.434. The van der Waals surface area contributed by atoms with Gasteiger partial charge in [0.15, 0.2) is 5.16 Å². The number of hydrogen-bond donors (Lipinski definition) is 1. The molecule has 3 rings (SSSR count). The molecule has 30 heavy (non-hydrogen) atoms. The van der Waals surface area contributed by atoms with Crippen molar-refractivity contribution in [2.75, 3.05) is 12.9 Å². The average molecular weight is 446 g/mol. The summed E-state index contributed by atoms with van der Waals surface area (Å²) in [4.78, 5) is 30.4. The molecule has 0 unspecified atom stereocenters. The van der Waals surface area contributed by atoms with E-state index in [0.717, 1.165) is 5.56 Å². The first-order chi connectivity index (χ1) is 14.1. The number of methoxy groups -OCH3 is 1. The van der Waals surface area contributed by atoms with Crippen LogP contribution in [0.25, 0.3) is 16.6 Å². The van der Waals surface area contributed by atoms with Crippen molar-refractivity contribution >= 4 is 40.2 Å². The van der Waals surface area contributed by atoms with Gasteiger partial charge in [0.05, 0.1) is 29.5 Å². The van der Waals surface area contributed by atoms with Crippen LogP contribution in [0, 0.1) is 6.92 Å². The number of para-hydroxylation sites is 1. The molecule has 1 heterocycles. The Kier molecular flexibility index (Phi) is 6.43. The monoisotopic (exact) mass is 445 g/mol. The van der Waals surface area contributed by atoms with E-state index < -0.39 is 0 Å². The Morgan fingerprint density at radius 2 is 1.97 bits per heavy atom. The molecule has 0 aliphatic carbocycles. The number of carbonyl (C=O) groups is 1. The molecular weight excluding hydrogens is 422 g/mol. The first-order valence-electron chi connectivity index (χ1n) is 9.41. The largest absolute Gasteiger partial charge is 0.495 e. The van der Waals surface area contributed by atoms with E-state index in [2.05, 4.69) is 10.3 Å². The number of benzene rings is 2. The smallest absolute Gasteiger partial charge is 0.266 e. The maximum atomic E-state index is 13.4. The lowest BCUT2D eigenvalue weighted by atomic mass is 10.1. The first kappa shape index (κ1) is 22.2. The number of amides is 1. The molecule has 0 bridgehead atoms. The normalized spacial score (nSPS) is 11.5. The van der Waals surface area contributed by atoms with Crippen LogP contribution in [0.2, 0.25) is 5.02 Å². The van der Waals surface area contributed by atoms with Crippen molar-refractivity contribution in [2.45, 2.75) is 38.4 Å². The fourth-order valence-corrected chi connectivity index (χ4v) is 3.95. The lowest BCUT2D eigenvalue weighted by molar-refractivity contribution is -0.119. The van der Waals surface area contributed by atoms with Gasteiger partial charge in [-0.15, -0.1) is 0 Å². The van der Waals surface area contributed by atoms with Crippen LogP contribution in [0.3, 0.4) is 0 Å². The minimum Gasteiger partial charge on any atom is -0.495 e. The third-order valence-electron chi connectivity index (χ3n) is 4.29. The van der Waals surface area contributed by atoms with E-state index in [1.807, 2.05) is 33.8 Å². The van der Waals surface area contributed by atoms with Crippen molar-refractivity contribution in [2.24, 2.45) is 0 Å². The van der Waals surface area contributed by atoms with E-state index in [4.69, 9.17) is 16.3 Å². The number of thioether (sulfide) groups is 1. The van der Waals surface area contributed by atoms with Gasteiger partial charge < -0.3 is 10.1 Å². The van der Waals surface area contributed by atoms with Gasteiger partial charge >= 0.3 is 0 Å². The van der Waals surface area contributed by atoms with Crippen LogP contribution in [0.5, 0.6) is 5.75 Å². The molecule has 0 fully saturated rings. The summed E-state index contributed by atoms with van der Waals surface area (Å²) < 4.78 is 6.97. The Labute approximate surface area is 184 Å². The zero-order chi connectivity index (χ0) is 22.1. The number of nitrogens with one attached hydrogen (secondary N) is 1. The minimum atomic E-state index is -0.343. The lowest BCUT2D eigenvalue weighted by Crippen LogP contribution is -2.41. The van der Waals surface area contributed by atoms with Crippen molar-refractivity contribution in [3.63, 3.8) is 0 Å². The third-order valence-corrected chi connectivity index (χ3v) is 5.64. The molecule has 0 spiro atoms. The lowest BCUT2D eigenvalue weighted by Gasteiger charge is -2.21. The number of fused-ring (bicyclic) bond motifs is 1. The van der Waals surface area contributed by atoms with Crippen molar-refractivity contribution in [1.82, 2.24) is 14.9 Å². The van der Waals surface area contributed by atoms with Gasteiger partial charge in [0.2, 0.25) is 5.91 Å². The molecule has 3 aromatic rings. The zero-order valence-electron chi connectivity index (χ0n) is 17.6. The molecular formula is C22H24ClN3O3S. The highest BCUT2D eigenvalue weighted by Crippen LogP contribution is 2.32. The van der Waals surface area contributed by atoms with Crippen LogP contribution in [-0.4, -0.2) is 33.9 Å². The molecule has 8 heteroatoms. The number of aryl methyl sites for hydroxylation is 1. The summed E-state index contributed by atoms with van der Waals surface area (Å²) in [5.41, 5.74) is 1.32. The molecule has 1 aromatic heterocycles. The van der Waals surface area contributed by atoms with E-state index in [9.17, 15) is 9.59 Å². The number of halogens is 1. The molecule has 1 N–H and O–H groups in total. The topological polar surface area (TPSA) is 73.2 Å². The Morgan fingerprint density at radius 3 is 2.63 bits per heavy atom. The minimum absolute atomic E-state index is 0.122. The number of ether oxygens (including phenoxy) is 1. The number of hydrogen-bond acceptors (Lipinski definition) is 5. The van der Waals surface area contributed by atoms with Crippen molar-refractivity contribution in [1.29, 1.82) is 0 Å². The summed E-state index contributed by atoms with van der Waals surface area (Å²) in [5, 5.41) is 4.35. The molecule has 0 aliphatic heterocycles. The van der Waals surface area contributed by atoms with Crippen molar-refractivity contribution in [3.8, 4) is 11.4 Å². The molecule has 1 amide bonds. The Balaban J connectivity index is 2.16. The average Bonchev–Trinajstić information content (AvgIpc) is 2.67. The van der Waals surface area contributed by atoms with Crippen LogP contribution >= 0.6 is 23.4 Å². The van der Waals surface area contributed by atoms with Crippen LogP contribution < -0.4 is 15.6 Å². The maximum absolute atomic E-state index is 13.4.